The lowest BCUT2D eigenvalue weighted by Gasteiger charge is -2.41. The molecule has 2 atom stereocenters. The van der Waals surface area contributed by atoms with Gasteiger partial charge in [-0.3, -0.25) is 4.79 Å². The Hall–Kier alpha value is -3.47. The van der Waals surface area contributed by atoms with E-state index in [1.807, 2.05) is 41.3 Å². The van der Waals surface area contributed by atoms with Gasteiger partial charge >= 0.3 is 0 Å². The van der Waals surface area contributed by atoms with Gasteiger partial charge in [0.25, 0.3) is 11.8 Å². The molecule has 4 aromatic rings. The molecule has 45 heavy (non-hydrogen) atoms. The highest BCUT2D eigenvalue weighted by atomic mass is 35.5. The zero-order chi connectivity index (χ0) is 31.1. The first-order chi connectivity index (χ1) is 21.9. The van der Waals surface area contributed by atoms with Crippen molar-refractivity contribution in [2.24, 2.45) is 0 Å². The number of hydrogen-bond donors (Lipinski definition) is 2. The number of piperazine rings is 1. The summed E-state index contributed by atoms with van der Waals surface area (Å²) in [4.78, 5) is 20.6. The summed E-state index contributed by atoms with van der Waals surface area (Å²) in [5.74, 6) is 0.306. The molecular weight excluding hydrogens is 640 g/mol. The number of carbonyl (C=O) groups is 1. The number of rotatable bonds is 9. The topological polar surface area (TPSA) is 92.5 Å². The lowest BCUT2D eigenvalue weighted by atomic mass is 9.83. The molecule has 1 amide bonds. The van der Waals surface area contributed by atoms with Gasteiger partial charge in [-0.25, -0.2) is 4.39 Å². The van der Waals surface area contributed by atoms with Gasteiger partial charge in [-0.15, -0.1) is 0 Å². The lowest BCUT2D eigenvalue weighted by Crippen LogP contribution is -2.60. The fraction of sp³-hybridized carbons (Fsp3) is 0.303. The molecule has 1 saturated heterocycles. The van der Waals surface area contributed by atoms with E-state index in [9.17, 15) is 9.18 Å². The minimum Gasteiger partial charge on any atom is -0.484 e. The van der Waals surface area contributed by atoms with Crippen molar-refractivity contribution in [2.45, 2.75) is 50.5 Å². The van der Waals surface area contributed by atoms with E-state index in [1.54, 1.807) is 12.1 Å². The summed E-state index contributed by atoms with van der Waals surface area (Å²) in [6.45, 7) is 1.89. The molecule has 3 aliphatic rings. The van der Waals surface area contributed by atoms with Crippen molar-refractivity contribution in [1.29, 1.82) is 0 Å². The van der Waals surface area contributed by atoms with Gasteiger partial charge in [0.05, 0.1) is 26.7 Å². The molecule has 2 fully saturated rings. The number of amides is 1. The van der Waals surface area contributed by atoms with Crippen LogP contribution < -0.4 is 15.4 Å². The van der Waals surface area contributed by atoms with Crippen molar-refractivity contribution < 1.29 is 18.4 Å². The molecule has 0 unspecified atom stereocenters. The van der Waals surface area contributed by atoms with Crippen LogP contribution in [-0.2, 0) is 17.9 Å². The SMILES string of the molecule is O=C(C1=C(c2ccc(OCc3nc(-c4c(F)cccc4Cl)no3)cc2)C[C@@H]2CNC[C@H]1N2)N(Cc1cccc(Cl)c1Cl)C1CC1. The Kier molecular flexibility index (Phi) is 8.54. The third-order valence-electron chi connectivity index (χ3n) is 8.37. The third kappa shape index (κ3) is 6.33. The van der Waals surface area contributed by atoms with Gasteiger partial charge in [-0.1, -0.05) is 70.3 Å². The summed E-state index contributed by atoms with van der Waals surface area (Å²) in [7, 11) is 0. The van der Waals surface area contributed by atoms with Crippen molar-refractivity contribution in [2.75, 3.05) is 13.1 Å². The van der Waals surface area contributed by atoms with Crippen molar-refractivity contribution in [3.05, 3.63) is 104 Å². The predicted octanol–water partition coefficient (Wildman–Crippen LogP) is 6.69. The van der Waals surface area contributed by atoms with Crippen LogP contribution >= 0.6 is 34.8 Å². The smallest absolute Gasteiger partial charge is 0.264 e. The second-order valence-electron chi connectivity index (χ2n) is 11.5. The van der Waals surface area contributed by atoms with Gasteiger partial charge in [0.1, 0.15) is 11.6 Å². The van der Waals surface area contributed by atoms with E-state index in [0.29, 0.717) is 35.3 Å². The van der Waals surface area contributed by atoms with Crippen LogP contribution in [-0.4, -0.2) is 52.2 Å². The van der Waals surface area contributed by atoms with Crippen molar-refractivity contribution in [3.8, 4) is 17.1 Å². The number of carbonyl (C=O) groups excluding carboxylic acids is 1. The molecule has 8 nitrogen and oxygen atoms in total. The van der Waals surface area contributed by atoms with Gasteiger partial charge in [0.2, 0.25) is 5.82 Å². The third-order valence-corrected chi connectivity index (χ3v) is 9.54. The summed E-state index contributed by atoms with van der Waals surface area (Å²) in [5.41, 5.74) is 3.70. The van der Waals surface area contributed by atoms with Gasteiger partial charge < -0.3 is 24.8 Å². The van der Waals surface area contributed by atoms with Gasteiger partial charge in [-0.05, 0) is 66.3 Å². The Balaban J connectivity index is 1.12. The number of aromatic nitrogens is 2. The Morgan fingerprint density at radius 3 is 2.58 bits per heavy atom. The van der Waals surface area contributed by atoms with Crippen molar-refractivity contribution >= 4 is 46.3 Å². The predicted molar refractivity (Wildman–Crippen MR) is 171 cm³/mol. The molecule has 1 saturated carbocycles. The van der Waals surface area contributed by atoms with Crippen LogP contribution in [0.15, 0.2) is 70.8 Å². The first kappa shape index (κ1) is 30.2. The van der Waals surface area contributed by atoms with Crippen LogP contribution in [0.5, 0.6) is 5.75 Å². The van der Waals surface area contributed by atoms with Crippen LogP contribution in [0.25, 0.3) is 17.0 Å². The summed E-state index contributed by atoms with van der Waals surface area (Å²) in [5, 5.41) is 12.1. The normalized spacial score (nSPS) is 19.5. The number of hydrogen-bond acceptors (Lipinski definition) is 7. The summed E-state index contributed by atoms with van der Waals surface area (Å²) in [6.07, 6.45) is 2.64. The number of halogens is 4. The molecule has 12 heteroatoms. The lowest BCUT2D eigenvalue weighted by molar-refractivity contribution is -0.128. The second-order valence-corrected chi connectivity index (χ2v) is 12.7. The first-order valence-electron chi connectivity index (χ1n) is 14.8. The minimum atomic E-state index is -0.537. The molecule has 2 bridgehead atoms. The highest BCUT2D eigenvalue weighted by Crippen LogP contribution is 2.38. The van der Waals surface area contributed by atoms with Gasteiger partial charge in [-0.2, -0.15) is 4.98 Å². The fourth-order valence-corrected chi connectivity index (χ4v) is 6.65. The molecule has 232 valence electrons. The molecule has 1 aromatic heterocycles. The average molecular weight is 669 g/mol. The van der Waals surface area contributed by atoms with Crippen LogP contribution in [0.3, 0.4) is 0 Å². The molecule has 3 aromatic carbocycles. The number of fused-ring (bicyclic) bond motifs is 2. The molecule has 1 aliphatic carbocycles. The molecule has 3 heterocycles. The van der Waals surface area contributed by atoms with E-state index in [4.69, 9.17) is 44.1 Å². The Labute approximate surface area is 274 Å². The highest BCUT2D eigenvalue weighted by molar-refractivity contribution is 6.42. The zero-order valence-corrected chi connectivity index (χ0v) is 26.3. The largest absolute Gasteiger partial charge is 0.484 e. The Morgan fingerprint density at radius 2 is 1.80 bits per heavy atom. The summed E-state index contributed by atoms with van der Waals surface area (Å²) in [6, 6.07) is 17.8. The molecule has 2 N–H and O–H groups in total. The van der Waals surface area contributed by atoms with Crippen LogP contribution in [0.2, 0.25) is 15.1 Å². The molecule has 0 radical (unpaired) electrons. The standard InChI is InChI=1S/C33H29Cl3FN5O3/c34-24-4-2-6-26(37)30(24)32-40-28(45-41-32)17-44-22-11-7-18(8-12-22)23-13-20-14-38-15-27(39-20)29(23)33(43)42(21-9-10-21)16-19-3-1-5-25(35)31(19)36/h1-8,11-12,20-21,27,38-39H,9-10,13-17H2/t20-,27-/m1/s1. The number of nitrogens with zero attached hydrogens (tertiary/aromatic N) is 3. The van der Waals surface area contributed by atoms with E-state index < -0.39 is 5.82 Å². The first-order valence-corrected chi connectivity index (χ1v) is 15.9. The maximum atomic E-state index is 14.4. The second kappa shape index (κ2) is 12.7. The van der Waals surface area contributed by atoms with Crippen molar-refractivity contribution in [3.63, 3.8) is 0 Å². The molecule has 7 rings (SSSR count). The monoisotopic (exact) mass is 667 g/mol. The number of nitrogens with one attached hydrogen (secondary N) is 2. The maximum absolute atomic E-state index is 14.4. The van der Waals surface area contributed by atoms with Crippen LogP contribution in [0.1, 0.15) is 36.3 Å². The van der Waals surface area contributed by atoms with E-state index in [2.05, 4.69) is 20.8 Å². The minimum absolute atomic E-state index is 0.00695. The highest BCUT2D eigenvalue weighted by Gasteiger charge is 2.41. The average Bonchev–Trinajstić information content (AvgIpc) is 3.78. The zero-order valence-electron chi connectivity index (χ0n) is 24.0. The maximum Gasteiger partial charge on any atom is 0.264 e. The Bertz CT molecular complexity index is 1760. The van der Waals surface area contributed by atoms with E-state index in [1.165, 1.54) is 12.1 Å². The summed E-state index contributed by atoms with van der Waals surface area (Å²) >= 11 is 19.0. The Morgan fingerprint density at radius 1 is 1.02 bits per heavy atom. The van der Waals surface area contributed by atoms with E-state index in [0.717, 1.165) is 41.7 Å². The van der Waals surface area contributed by atoms with E-state index in [-0.39, 0.29) is 52.9 Å². The van der Waals surface area contributed by atoms with Crippen LogP contribution in [0, 0.1) is 5.82 Å². The van der Waals surface area contributed by atoms with Crippen LogP contribution in [0.4, 0.5) is 4.39 Å². The van der Waals surface area contributed by atoms with Crippen molar-refractivity contribution in [1.82, 2.24) is 25.7 Å². The van der Waals surface area contributed by atoms with Gasteiger partial charge in [0, 0.05) is 37.3 Å². The van der Waals surface area contributed by atoms with Gasteiger partial charge in [0.15, 0.2) is 6.61 Å². The molecular formula is C33H29Cl3FN5O3. The molecule has 2 aliphatic heterocycles. The van der Waals surface area contributed by atoms with E-state index >= 15 is 0 Å². The quantitative estimate of drug-likeness (QED) is 0.205. The fourth-order valence-electron chi connectivity index (χ4n) is 6.02. The number of benzene rings is 3. The molecule has 0 spiro atoms. The number of ether oxygens (including phenoxy) is 1. The summed E-state index contributed by atoms with van der Waals surface area (Å²) < 4.78 is 25.4.